The molecule has 1 aliphatic heterocycles. The van der Waals surface area contributed by atoms with Gasteiger partial charge in [0.25, 0.3) is 5.91 Å². The van der Waals surface area contributed by atoms with Crippen LogP contribution in [0.3, 0.4) is 0 Å². The summed E-state index contributed by atoms with van der Waals surface area (Å²) in [5.41, 5.74) is 3.82. The largest absolute Gasteiger partial charge is 0.573 e. The normalized spacial score (nSPS) is 24.5. The molecule has 0 bridgehead atoms. The van der Waals surface area contributed by atoms with Crippen LogP contribution in [0.5, 0.6) is 5.75 Å². The number of anilines is 1. The van der Waals surface area contributed by atoms with Crippen molar-refractivity contribution in [3.05, 3.63) is 58.1 Å². The topological polar surface area (TPSA) is 77.1 Å². The molecule has 1 amide bonds. The maximum atomic E-state index is 13.2. The average molecular weight is 616 g/mol. The number of likely N-dealkylation sites (N-methyl/N-ethyl adjacent to an activating group) is 1. The number of fused-ring (bicyclic) bond motifs is 1. The van der Waals surface area contributed by atoms with Gasteiger partial charge in [0.1, 0.15) is 5.75 Å². The molecule has 1 N–H and O–H groups in total. The number of halogens is 1. The monoisotopic (exact) mass is 615 g/mol. The minimum absolute atomic E-state index is 0.0928. The maximum absolute atomic E-state index is 13.2. The van der Waals surface area contributed by atoms with Crippen molar-refractivity contribution in [3.63, 3.8) is 0 Å². The lowest BCUT2D eigenvalue weighted by molar-refractivity contribution is -0.0699. The van der Waals surface area contributed by atoms with Crippen LogP contribution in [0.1, 0.15) is 79.8 Å². The molecule has 0 aromatic heterocycles. The van der Waals surface area contributed by atoms with Crippen molar-refractivity contribution in [1.29, 1.82) is 0 Å². The van der Waals surface area contributed by atoms with Crippen LogP contribution < -0.4 is 14.4 Å². The van der Waals surface area contributed by atoms with Crippen molar-refractivity contribution in [3.8, 4) is 5.75 Å². The van der Waals surface area contributed by atoms with Gasteiger partial charge < -0.3 is 18.9 Å². The highest BCUT2D eigenvalue weighted by Crippen LogP contribution is 2.46. The van der Waals surface area contributed by atoms with Gasteiger partial charge in [-0.15, -0.1) is 9.03 Å². The highest BCUT2D eigenvalue weighted by Gasteiger charge is 2.45. The van der Waals surface area contributed by atoms with E-state index in [0.717, 1.165) is 48.7 Å². The fourth-order valence-electron chi connectivity index (χ4n) is 6.96. The number of amides is 1. The van der Waals surface area contributed by atoms with Gasteiger partial charge in [-0.25, -0.2) is 0 Å². The van der Waals surface area contributed by atoms with Crippen molar-refractivity contribution >= 4 is 34.7 Å². The number of hydrogen-bond donors (Lipinski definition) is 1. The van der Waals surface area contributed by atoms with Gasteiger partial charge in [-0.2, -0.15) is 0 Å². The van der Waals surface area contributed by atoms with E-state index >= 15 is 0 Å². The molecule has 4 unspecified atom stereocenters. The first kappa shape index (κ1) is 31.5. The van der Waals surface area contributed by atoms with E-state index in [9.17, 15) is 9.35 Å². The van der Waals surface area contributed by atoms with Crippen molar-refractivity contribution in [1.82, 2.24) is 9.03 Å². The van der Waals surface area contributed by atoms with Gasteiger partial charge in [-0.05, 0) is 98.2 Å². The average Bonchev–Trinajstić information content (AvgIpc) is 3.08. The molecule has 0 saturated heterocycles. The SMILES string of the molecule is CCCc1cc(Cl)ccc1C1COc2ccc(C(=O)N[S+]([O-])N(C)C(C)C3CC(C(OC)C4CCC4)C3)cc2N(C)C1. The Kier molecular flexibility index (Phi) is 10.3. The van der Waals surface area contributed by atoms with Crippen LogP contribution in [0.25, 0.3) is 0 Å². The summed E-state index contributed by atoms with van der Waals surface area (Å²) in [5.74, 6) is 2.28. The molecule has 2 aliphatic carbocycles. The molecule has 5 rings (SSSR count). The van der Waals surface area contributed by atoms with E-state index in [4.69, 9.17) is 21.1 Å². The Labute approximate surface area is 259 Å². The number of ether oxygens (including phenoxy) is 2. The van der Waals surface area contributed by atoms with E-state index in [-0.39, 0.29) is 17.9 Å². The first-order valence-corrected chi connectivity index (χ1v) is 16.9. The van der Waals surface area contributed by atoms with Gasteiger partial charge >= 0.3 is 0 Å². The zero-order valence-corrected chi connectivity index (χ0v) is 27.2. The Morgan fingerprint density at radius 2 is 1.98 bits per heavy atom. The van der Waals surface area contributed by atoms with E-state index in [1.165, 1.54) is 30.4 Å². The second-order valence-electron chi connectivity index (χ2n) is 12.5. The van der Waals surface area contributed by atoms with Crippen LogP contribution in [-0.4, -0.2) is 61.3 Å². The zero-order chi connectivity index (χ0) is 30.0. The van der Waals surface area contributed by atoms with Gasteiger partial charge in [0, 0.05) is 44.3 Å². The number of benzene rings is 2. The smallest absolute Gasteiger partial charge is 0.293 e. The van der Waals surface area contributed by atoms with Crippen molar-refractivity contribution in [2.45, 2.75) is 76.9 Å². The van der Waals surface area contributed by atoms with Crippen molar-refractivity contribution in [2.75, 3.05) is 39.3 Å². The highest BCUT2D eigenvalue weighted by atomic mass is 35.5. The molecule has 0 spiro atoms. The lowest BCUT2D eigenvalue weighted by atomic mass is 9.64. The molecule has 4 atom stereocenters. The summed E-state index contributed by atoms with van der Waals surface area (Å²) in [6.45, 7) is 5.57. The first-order valence-electron chi connectivity index (χ1n) is 15.4. The Bertz CT molecular complexity index is 1240. The molecule has 2 saturated carbocycles. The van der Waals surface area contributed by atoms with Gasteiger partial charge in [0.2, 0.25) is 0 Å². The third-order valence-corrected chi connectivity index (χ3v) is 11.3. The Morgan fingerprint density at radius 3 is 2.64 bits per heavy atom. The summed E-state index contributed by atoms with van der Waals surface area (Å²) < 4.78 is 29.8. The molecular weight excluding hydrogens is 570 g/mol. The van der Waals surface area contributed by atoms with Crippen molar-refractivity contribution < 1.29 is 18.8 Å². The molecule has 2 aromatic rings. The number of rotatable bonds is 11. The lowest BCUT2D eigenvalue weighted by Crippen LogP contribution is -2.52. The van der Waals surface area contributed by atoms with Crippen LogP contribution in [0.15, 0.2) is 36.4 Å². The third kappa shape index (κ3) is 6.73. The number of carbonyl (C=O) groups is 1. The maximum Gasteiger partial charge on any atom is 0.293 e. The molecule has 2 aromatic carbocycles. The van der Waals surface area contributed by atoms with Gasteiger partial charge in [-0.3, -0.25) is 4.79 Å². The molecular formula is C33H46ClN3O4S. The minimum atomic E-state index is -1.64. The van der Waals surface area contributed by atoms with E-state index < -0.39 is 11.5 Å². The number of nitrogens with zero attached hydrogens (tertiary/aromatic N) is 2. The molecule has 3 aliphatic rings. The van der Waals surface area contributed by atoms with E-state index in [1.54, 1.807) is 10.4 Å². The predicted octanol–water partition coefficient (Wildman–Crippen LogP) is 6.38. The number of methoxy groups -OCH3 is 1. The van der Waals surface area contributed by atoms with E-state index in [0.29, 0.717) is 36.0 Å². The van der Waals surface area contributed by atoms with Crippen molar-refractivity contribution in [2.24, 2.45) is 17.8 Å². The fraction of sp³-hybridized carbons (Fsp3) is 0.606. The number of aryl methyl sites for hydroxylation is 1. The van der Waals surface area contributed by atoms with Crippen LogP contribution in [-0.2, 0) is 22.7 Å². The number of nitrogens with one attached hydrogen (secondary N) is 1. The predicted molar refractivity (Wildman–Crippen MR) is 171 cm³/mol. The molecule has 7 nitrogen and oxygen atoms in total. The zero-order valence-electron chi connectivity index (χ0n) is 25.6. The van der Waals surface area contributed by atoms with Gasteiger partial charge in [0.05, 0.1) is 24.4 Å². The standard InChI is InChI=1S/C33H46ClN3O4S/c1-6-8-23-17-28(34)12-13-29(23)27-19-36(3)30-18-24(11-14-31(30)41-20-27)33(38)35-42(39)37(4)21(2)25-15-26(16-25)32(40-5)22-9-7-10-22/h11-14,17-18,21-22,25-27,32H,6-10,15-16,19-20H2,1-5H3,(H,35,38). The minimum Gasteiger partial charge on any atom is -0.573 e. The second kappa shape index (κ2) is 13.8. The molecule has 1 heterocycles. The molecule has 2 fully saturated rings. The molecule has 0 radical (unpaired) electrons. The molecule has 42 heavy (non-hydrogen) atoms. The third-order valence-electron chi connectivity index (χ3n) is 9.89. The number of hydrogen-bond acceptors (Lipinski definition) is 6. The summed E-state index contributed by atoms with van der Waals surface area (Å²) in [5, 5.41) is 0.752. The summed E-state index contributed by atoms with van der Waals surface area (Å²) >= 11 is 4.66. The number of carbonyl (C=O) groups excluding carboxylic acids is 1. The van der Waals surface area contributed by atoms with E-state index in [2.05, 4.69) is 35.6 Å². The van der Waals surface area contributed by atoms with Gasteiger partial charge in [-0.1, -0.05) is 37.4 Å². The van der Waals surface area contributed by atoms with Crippen LogP contribution in [0, 0.1) is 17.8 Å². The Morgan fingerprint density at radius 1 is 1.21 bits per heavy atom. The lowest BCUT2D eigenvalue weighted by Gasteiger charge is -2.47. The Hall–Kier alpha value is -1.97. The summed E-state index contributed by atoms with van der Waals surface area (Å²) in [6.07, 6.45) is 8.40. The van der Waals surface area contributed by atoms with Crippen LogP contribution in [0.4, 0.5) is 5.69 Å². The molecule has 9 heteroatoms. The fourth-order valence-corrected chi connectivity index (χ4v) is 8.05. The van der Waals surface area contributed by atoms with Gasteiger partial charge in [0.15, 0.2) is 11.5 Å². The first-order chi connectivity index (χ1) is 20.2. The quantitative estimate of drug-likeness (QED) is 0.296. The van der Waals surface area contributed by atoms with Crippen LogP contribution >= 0.6 is 11.6 Å². The molecule has 230 valence electrons. The second-order valence-corrected chi connectivity index (χ2v) is 14.2. The van der Waals surface area contributed by atoms with E-state index in [1.807, 2.05) is 39.4 Å². The Balaban J connectivity index is 1.19. The summed E-state index contributed by atoms with van der Waals surface area (Å²) in [6, 6.07) is 11.6. The highest BCUT2D eigenvalue weighted by molar-refractivity contribution is 7.87. The van der Waals surface area contributed by atoms with Crippen LogP contribution in [0.2, 0.25) is 5.02 Å². The summed E-state index contributed by atoms with van der Waals surface area (Å²) in [4.78, 5) is 15.4. The summed E-state index contributed by atoms with van der Waals surface area (Å²) in [7, 11) is 5.69.